The molecule has 2 aromatic carbocycles. The smallest absolute Gasteiger partial charge is 0.419 e. The Labute approximate surface area is 415 Å². The van der Waals surface area contributed by atoms with E-state index in [9.17, 15) is 19.2 Å². The molecule has 2 aliphatic rings. The van der Waals surface area contributed by atoms with Gasteiger partial charge in [-0.3, -0.25) is 28.8 Å². The molecule has 8 rings (SSSR count). The topological polar surface area (TPSA) is 162 Å². The summed E-state index contributed by atoms with van der Waals surface area (Å²) in [5.74, 6) is 5.65. The second-order valence-electron chi connectivity index (χ2n) is 21.1. The summed E-state index contributed by atoms with van der Waals surface area (Å²) in [6, 6.07) is 12.8. The number of hydrogen-bond donors (Lipinski definition) is 1. The predicted octanol–water partition coefficient (Wildman–Crippen LogP) is 10.4. The van der Waals surface area contributed by atoms with Crippen LogP contribution in [0.5, 0.6) is 0 Å². The lowest BCUT2D eigenvalue weighted by Gasteiger charge is -2.33. The lowest BCUT2D eigenvalue weighted by molar-refractivity contribution is -0.133. The number of fused-ring (bicyclic) bond motifs is 3. The first-order chi connectivity index (χ1) is 33.8. The van der Waals surface area contributed by atoms with Gasteiger partial charge in [0, 0.05) is 87.3 Å². The van der Waals surface area contributed by atoms with Crippen molar-refractivity contribution in [3.63, 3.8) is 0 Å². The van der Waals surface area contributed by atoms with Gasteiger partial charge in [-0.25, -0.2) is 28.4 Å². The Bertz CT molecular complexity index is 3060. The van der Waals surface area contributed by atoms with Crippen molar-refractivity contribution in [2.75, 3.05) is 43.7 Å². The molecule has 2 fully saturated rings. The first-order valence-corrected chi connectivity index (χ1v) is 28.6. The number of carbonyl (C=O) groups excluding carboxylic acids is 4. The van der Waals surface area contributed by atoms with Crippen LogP contribution in [0.1, 0.15) is 112 Å². The quantitative estimate of drug-likeness (QED) is 0.0561. The maximum absolute atomic E-state index is 15.5. The summed E-state index contributed by atoms with van der Waals surface area (Å²) in [7, 11) is 2.46. The number of ether oxygens (including phenoxy) is 2. The fourth-order valence-corrected chi connectivity index (χ4v) is 10.1. The summed E-state index contributed by atoms with van der Waals surface area (Å²) in [6.07, 6.45) is 8.65. The highest BCUT2D eigenvalue weighted by molar-refractivity contribution is 6.76. The molecule has 71 heavy (non-hydrogen) atoms. The van der Waals surface area contributed by atoms with E-state index in [-0.39, 0.29) is 43.1 Å². The van der Waals surface area contributed by atoms with Gasteiger partial charge in [0.05, 0.1) is 33.8 Å². The van der Waals surface area contributed by atoms with Crippen LogP contribution in [0.2, 0.25) is 25.7 Å². The Kier molecular flexibility index (Phi) is 15.2. The van der Waals surface area contributed by atoms with E-state index in [0.29, 0.717) is 53.2 Å². The molecule has 0 radical (unpaired) electrons. The minimum atomic E-state index is -1.34. The molecule has 1 N–H and O–H groups in total. The van der Waals surface area contributed by atoms with E-state index in [1.165, 1.54) is 11.0 Å². The van der Waals surface area contributed by atoms with E-state index >= 15 is 4.39 Å². The third-order valence-electron chi connectivity index (χ3n) is 13.2. The molecule has 6 aromatic rings. The lowest BCUT2D eigenvalue weighted by atomic mass is 10.1. The standard InChI is InChI=1S/C53H67FN10O6Si/c1-35-39-21-20-37(50(66)56-47-32-43-38(33-55-47)30-46(42-19-17-23-59(42)5)64(43)52(68)70-53(2,3)4)29-45(39)63(57-35)24-16-14-12-10-11-13-15-18-36-28-44-40(31-41(36)54)49(58-60(44)6)61-25-22-48(65)62(51(61)67)34-69-26-27-71(7,8)9/h20-21,28-33,42H,10-14,16-17,19,22-27,34H2,1-9H3,(H,55,56,66)/t42-/m1/s1. The lowest BCUT2D eigenvalue weighted by Crippen LogP contribution is -2.53. The van der Waals surface area contributed by atoms with Crippen molar-refractivity contribution >= 4 is 76.4 Å². The van der Waals surface area contributed by atoms with E-state index in [0.717, 1.165) is 90.1 Å². The van der Waals surface area contributed by atoms with Crippen LogP contribution in [-0.2, 0) is 27.9 Å². The zero-order valence-corrected chi connectivity index (χ0v) is 43.7. The number of imide groups is 1. The van der Waals surface area contributed by atoms with Crippen molar-refractivity contribution in [1.82, 2.24) is 38.9 Å². The van der Waals surface area contributed by atoms with E-state index in [4.69, 9.17) is 14.6 Å². The van der Waals surface area contributed by atoms with Gasteiger partial charge in [0.25, 0.3) is 5.91 Å². The molecule has 4 aromatic heterocycles. The van der Waals surface area contributed by atoms with E-state index in [1.807, 2.05) is 50.6 Å². The van der Waals surface area contributed by atoms with Crippen molar-refractivity contribution in [1.29, 1.82) is 0 Å². The molecule has 2 saturated heterocycles. The Hall–Kier alpha value is -6.42. The number of halogens is 1. The zero-order chi connectivity index (χ0) is 50.8. The highest BCUT2D eigenvalue weighted by atomic mass is 28.3. The normalized spacial score (nSPS) is 15.9. The Morgan fingerprint density at radius 2 is 1.70 bits per heavy atom. The summed E-state index contributed by atoms with van der Waals surface area (Å²) < 4.78 is 32.3. The molecule has 6 heterocycles. The molecule has 0 saturated carbocycles. The number of benzene rings is 2. The average Bonchev–Trinajstić information content (AvgIpc) is 4.06. The molecule has 0 aliphatic carbocycles. The third kappa shape index (κ3) is 11.7. The van der Waals surface area contributed by atoms with Gasteiger partial charge < -0.3 is 14.8 Å². The average molecular weight is 987 g/mol. The number of anilines is 2. The predicted molar refractivity (Wildman–Crippen MR) is 277 cm³/mol. The minimum Gasteiger partial charge on any atom is -0.443 e. The van der Waals surface area contributed by atoms with Crippen molar-refractivity contribution in [2.24, 2.45) is 7.05 Å². The summed E-state index contributed by atoms with van der Waals surface area (Å²) in [6.45, 7) is 16.3. The van der Waals surface area contributed by atoms with Gasteiger partial charge in [0.2, 0.25) is 5.91 Å². The van der Waals surface area contributed by atoms with Crippen LogP contribution < -0.4 is 10.2 Å². The summed E-state index contributed by atoms with van der Waals surface area (Å²) in [4.78, 5) is 62.9. The molecule has 18 heteroatoms. The second-order valence-corrected chi connectivity index (χ2v) is 26.7. The Morgan fingerprint density at radius 1 is 0.930 bits per heavy atom. The summed E-state index contributed by atoms with van der Waals surface area (Å²) in [5.41, 5.74) is 3.91. The van der Waals surface area contributed by atoms with Crippen LogP contribution >= 0.6 is 0 Å². The van der Waals surface area contributed by atoms with E-state index < -0.39 is 31.6 Å². The second kappa shape index (κ2) is 21.1. The SMILES string of the molecule is Cc1nn(CCCCCCCC#Cc2cc3c(cc2F)c(N2CCC(=O)N(COCC[Si](C)(C)C)C2=O)nn3C)c2cc(C(=O)Nc3cc4c(cn3)cc([C@H]3CCCN3C)n4C(=O)OC(C)(C)C)ccc12. The van der Waals surface area contributed by atoms with Crippen molar-refractivity contribution < 1.29 is 33.0 Å². The molecule has 2 aliphatic heterocycles. The number of aromatic nitrogens is 6. The van der Waals surface area contributed by atoms with Gasteiger partial charge in [-0.15, -0.1) is 0 Å². The first-order valence-electron chi connectivity index (χ1n) is 24.8. The molecule has 16 nitrogen and oxygen atoms in total. The number of hydrogen-bond acceptors (Lipinski definition) is 10. The summed E-state index contributed by atoms with van der Waals surface area (Å²) in [5, 5.41) is 14.6. The number of nitrogens with zero attached hydrogens (tertiary/aromatic N) is 9. The molecule has 1 atom stereocenters. The number of pyridine rings is 1. The van der Waals surface area contributed by atoms with E-state index in [1.54, 1.807) is 40.7 Å². The maximum atomic E-state index is 15.5. The highest BCUT2D eigenvalue weighted by Crippen LogP contribution is 2.36. The van der Waals surface area contributed by atoms with Gasteiger partial charge in [0.1, 0.15) is 24.0 Å². The summed E-state index contributed by atoms with van der Waals surface area (Å²) >= 11 is 0. The molecule has 0 unspecified atom stereocenters. The number of urea groups is 1. The molecular weight excluding hydrogens is 920 g/mol. The minimum absolute atomic E-state index is 0.0612. The first kappa shape index (κ1) is 50.9. The van der Waals surface area contributed by atoms with Crippen molar-refractivity contribution in [3.05, 3.63) is 77.0 Å². The van der Waals surface area contributed by atoms with Gasteiger partial charge in [-0.1, -0.05) is 56.8 Å². The third-order valence-corrected chi connectivity index (χ3v) is 14.9. The number of unbranched alkanes of at least 4 members (excludes halogenated alkanes) is 5. The largest absolute Gasteiger partial charge is 0.443 e. The van der Waals surface area contributed by atoms with Crippen LogP contribution in [0, 0.1) is 24.6 Å². The molecule has 0 spiro atoms. The van der Waals surface area contributed by atoms with Crippen LogP contribution in [0.25, 0.3) is 32.7 Å². The van der Waals surface area contributed by atoms with E-state index in [2.05, 4.69) is 58.8 Å². The number of aryl methyl sites for hydroxylation is 3. The van der Waals surface area contributed by atoms with Crippen LogP contribution in [0.4, 0.5) is 25.6 Å². The Morgan fingerprint density at radius 3 is 2.45 bits per heavy atom. The van der Waals surface area contributed by atoms with Gasteiger partial charge in [-0.2, -0.15) is 10.2 Å². The van der Waals surface area contributed by atoms with Crippen LogP contribution in [-0.4, -0.2) is 110 Å². The fourth-order valence-electron chi connectivity index (χ4n) is 9.34. The molecule has 376 valence electrons. The number of likely N-dealkylation sites (tertiary alicyclic amines) is 1. The van der Waals surface area contributed by atoms with Crippen LogP contribution in [0.3, 0.4) is 0 Å². The molecule has 4 amide bonds. The zero-order valence-electron chi connectivity index (χ0n) is 42.7. The molecular formula is C53H67FN10O6Si. The van der Waals surface area contributed by atoms with Crippen molar-refractivity contribution in [2.45, 2.75) is 129 Å². The maximum Gasteiger partial charge on any atom is 0.419 e. The number of amides is 4. The number of nitrogens with one attached hydrogen (secondary N) is 1. The fraction of sp³-hybridized carbons (Fsp3) is 0.491. The number of carbonyl (C=O) groups is 4. The van der Waals surface area contributed by atoms with Crippen molar-refractivity contribution in [3.8, 4) is 11.8 Å². The van der Waals surface area contributed by atoms with Gasteiger partial charge >= 0.3 is 12.1 Å². The monoisotopic (exact) mass is 986 g/mol. The van der Waals surface area contributed by atoms with Gasteiger partial charge in [-0.05, 0) is 103 Å². The Balaban J connectivity index is 0.836. The van der Waals surface area contributed by atoms with Crippen LogP contribution in [0.15, 0.2) is 48.7 Å². The molecule has 0 bridgehead atoms. The highest BCUT2D eigenvalue weighted by Gasteiger charge is 2.36. The van der Waals surface area contributed by atoms with Gasteiger partial charge in [0.15, 0.2) is 5.82 Å². The number of rotatable bonds is 16.